The fourth-order valence-electron chi connectivity index (χ4n) is 2.76. The van der Waals surface area contributed by atoms with E-state index in [4.69, 9.17) is 0 Å². The Bertz CT molecular complexity index is 470. The van der Waals surface area contributed by atoms with Gasteiger partial charge in [0.15, 0.2) is 0 Å². The standard InChI is InChI=1S/C16H26F3N3S/c1-6-14(22-11-15(4,5)23-12(22)3)10-13(21-20-7-2)8-9-16(17,18)19/h7-9,12,14H,6,10-11H2,1-5H3/b9-8+,20-7-,21-13+. The van der Waals surface area contributed by atoms with Crippen molar-refractivity contribution in [1.29, 1.82) is 0 Å². The van der Waals surface area contributed by atoms with E-state index in [0.29, 0.717) is 17.5 Å². The maximum Gasteiger partial charge on any atom is 0.409 e. The first-order chi connectivity index (χ1) is 10.6. The largest absolute Gasteiger partial charge is 0.409 e. The molecule has 2 atom stereocenters. The van der Waals surface area contributed by atoms with E-state index in [2.05, 4.69) is 42.8 Å². The number of hydrogen-bond donors (Lipinski definition) is 0. The summed E-state index contributed by atoms with van der Waals surface area (Å²) in [5.74, 6) is 0. The Balaban J connectivity index is 2.89. The van der Waals surface area contributed by atoms with E-state index in [1.807, 2.05) is 11.8 Å². The topological polar surface area (TPSA) is 28.0 Å². The molecule has 23 heavy (non-hydrogen) atoms. The molecule has 0 saturated carbocycles. The van der Waals surface area contributed by atoms with Crippen LogP contribution in [0.2, 0.25) is 0 Å². The third-order valence-electron chi connectivity index (χ3n) is 3.67. The Kier molecular flexibility index (Phi) is 7.32. The van der Waals surface area contributed by atoms with E-state index in [0.717, 1.165) is 19.0 Å². The van der Waals surface area contributed by atoms with Crippen LogP contribution < -0.4 is 0 Å². The monoisotopic (exact) mass is 349 g/mol. The molecule has 1 aliphatic rings. The van der Waals surface area contributed by atoms with Gasteiger partial charge in [-0.2, -0.15) is 23.4 Å². The minimum atomic E-state index is -4.34. The zero-order chi connectivity index (χ0) is 17.7. The van der Waals surface area contributed by atoms with E-state index >= 15 is 0 Å². The van der Waals surface area contributed by atoms with Crippen molar-refractivity contribution in [3.63, 3.8) is 0 Å². The van der Waals surface area contributed by atoms with Gasteiger partial charge in [0.05, 0.1) is 11.1 Å². The number of hydrogen-bond acceptors (Lipinski definition) is 4. The number of alkyl halides is 3. The molecule has 0 radical (unpaired) electrons. The van der Waals surface area contributed by atoms with Gasteiger partial charge in [-0.1, -0.05) is 6.92 Å². The van der Waals surface area contributed by atoms with Crippen LogP contribution in [0.15, 0.2) is 22.4 Å². The molecule has 7 heteroatoms. The van der Waals surface area contributed by atoms with Crippen molar-refractivity contribution in [3.8, 4) is 0 Å². The normalized spacial score (nSPS) is 24.9. The van der Waals surface area contributed by atoms with Gasteiger partial charge < -0.3 is 0 Å². The number of thioether (sulfide) groups is 1. The number of rotatable bonds is 6. The average molecular weight is 349 g/mol. The lowest BCUT2D eigenvalue weighted by molar-refractivity contribution is -0.0797. The van der Waals surface area contributed by atoms with Gasteiger partial charge in [0, 0.05) is 36.0 Å². The zero-order valence-electron chi connectivity index (χ0n) is 14.4. The van der Waals surface area contributed by atoms with E-state index in [1.165, 1.54) is 6.21 Å². The second-order valence-electron chi connectivity index (χ2n) is 6.26. The molecule has 1 fully saturated rings. The van der Waals surface area contributed by atoms with Crippen molar-refractivity contribution in [2.24, 2.45) is 10.2 Å². The fraction of sp³-hybridized carbons (Fsp3) is 0.750. The first-order valence-corrected chi connectivity index (χ1v) is 8.70. The lowest BCUT2D eigenvalue weighted by Gasteiger charge is -2.30. The second-order valence-corrected chi connectivity index (χ2v) is 8.28. The zero-order valence-corrected chi connectivity index (χ0v) is 15.2. The molecule has 1 aliphatic heterocycles. The third-order valence-corrected chi connectivity index (χ3v) is 5.05. The Hall–Kier alpha value is -0.820. The minimum Gasteiger partial charge on any atom is -0.287 e. The summed E-state index contributed by atoms with van der Waals surface area (Å²) in [6, 6.07) is 0.156. The molecule has 3 nitrogen and oxygen atoms in total. The van der Waals surface area contributed by atoms with Crippen molar-refractivity contribution >= 4 is 23.7 Å². The number of halogens is 3. The predicted molar refractivity (Wildman–Crippen MR) is 93.3 cm³/mol. The van der Waals surface area contributed by atoms with Gasteiger partial charge in [-0.25, -0.2) is 0 Å². The van der Waals surface area contributed by atoms with Crippen LogP contribution in [0, 0.1) is 0 Å². The summed E-state index contributed by atoms with van der Waals surface area (Å²) in [6.07, 6.45) is -0.279. The molecule has 1 heterocycles. The maximum atomic E-state index is 12.4. The highest BCUT2D eigenvalue weighted by Gasteiger charge is 2.38. The highest BCUT2D eigenvalue weighted by atomic mass is 32.2. The van der Waals surface area contributed by atoms with E-state index in [9.17, 15) is 13.2 Å². The van der Waals surface area contributed by atoms with E-state index < -0.39 is 6.18 Å². The quantitative estimate of drug-likeness (QED) is 0.504. The summed E-state index contributed by atoms with van der Waals surface area (Å²) in [5.41, 5.74) is 0.356. The van der Waals surface area contributed by atoms with Crippen molar-refractivity contribution < 1.29 is 13.2 Å². The summed E-state index contributed by atoms with van der Waals surface area (Å²) in [5, 5.41) is 8.03. The summed E-state index contributed by atoms with van der Waals surface area (Å²) >= 11 is 1.90. The molecule has 0 aromatic heterocycles. The van der Waals surface area contributed by atoms with Crippen LogP contribution in [0.3, 0.4) is 0 Å². The van der Waals surface area contributed by atoms with Gasteiger partial charge in [0.1, 0.15) is 0 Å². The molecule has 0 N–H and O–H groups in total. The van der Waals surface area contributed by atoms with Crippen molar-refractivity contribution in [2.45, 2.75) is 69.8 Å². The molecule has 0 aromatic rings. The Morgan fingerprint density at radius 1 is 1.43 bits per heavy atom. The first-order valence-electron chi connectivity index (χ1n) is 7.82. The van der Waals surface area contributed by atoms with E-state index in [-0.39, 0.29) is 16.9 Å². The first kappa shape index (κ1) is 20.2. The summed E-state index contributed by atoms with van der Waals surface area (Å²) in [7, 11) is 0. The van der Waals surface area contributed by atoms with Crippen LogP contribution >= 0.6 is 11.8 Å². The van der Waals surface area contributed by atoms with Gasteiger partial charge in [-0.05, 0) is 40.2 Å². The summed E-state index contributed by atoms with van der Waals surface area (Å²) < 4.78 is 37.4. The Morgan fingerprint density at radius 2 is 2.09 bits per heavy atom. The Morgan fingerprint density at radius 3 is 2.52 bits per heavy atom. The molecular weight excluding hydrogens is 323 g/mol. The molecule has 132 valence electrons. The van der Waals surface area contributed by atoms with Crippen molar-refractivity contribution in [1.82, 2.24) is 4.90 Å². The molecule has 1 rings (SSSR count). The fourth-order valence-corrected chi connectivity index (χ4v) is 4.29. The molecular formula is C16H26F3N3S. The van der Waals surface area contributed by atoms with Gasteiger partial charge >= 0.3 is 6.18 Å². The molecule has 0 aromatic carbocycles. The molecule has 0 aliphatic carbocycles. The molecule has 0 amide bonds. The minimum absolute atomic E-state index is 0.156. The molecule has 2 unspecified atom stereocenters. The van der Waals surface area contributed by atoms with Gasteiger partial charge in [-0.3, -0.25) is 4.90 Å². The molecule has 1 saturated heterocycles. The highest BCUT2D eigenvalue weighted by Crippen LogP contribution is 2.40. The molecule has 0 bridgehead atoms. The van der Waals surface area contributed by atoms with Gasteiger partial charge in [-0.15, -0.1) is 11.8 Å². The van der Waals surface area contributed by atoms with Crippen LogP contribution in [-0.2, 0) is 0 Å². The smallest absolute Gasteiger partial charge is 0.287 e. The number of nitrogens with zero attached hydrogens (tertiary/aromatic N) is 3. The van der Waals surface area contributed by atoms with Crippen molar-refractivity contribution in [3.05, 3.63) is 12.2 Å². The average Bonchev–Trinajstić information content (AvgIpc) is 2.70. The number of allylic oxidation sites excluding steroid dienone is 2. The van der Waals surface area contributed by atoms with Crippen LogP contribution in [-0.4, -0.2) is 45.7 Å². The summed E-state index contributed by atoms with van der Waals surface area (Å²) in [4.78, 5) is 2.36. The second kappa shape index (κ2) is 8.33. The predicted octanol–water partition coefficient (Wildman–Crippen LogP) is 4.89. The highest BCUT2D eigenvalue weighted by molar-refractivity contribution is 8.01. The van der Waals surface area contributed by atoms with Crippen LogP contribution in [0.1, 0.15) is 47.5 Å². The SMILES string of the molecule is C\C=N/N=C(\C=C\C(F)(F)F)CC(CC)N1CC(C)(C)SC1C. The third kappa shape index (κ3) is 7.08. The summed E-state index contributed by atoms with van der Waals surface area (Å²) in [6.45, 7) is 11.2. The molecule has 0 spiro atoms. The van der Waals surface area contributed by atoms with Crippen LogP contribution in [0.5, 0.6) is 0 Å². The lowest BCUT2D eigenvalue weighted by Crippen LogP contribution is -2.40. The van der Waals surface area contributed by atoms with Gasteiger partial charge in [0.2, 0.25) is 0 Å². The Labute approximate surface area is 141 Å². The van der Waals surface area contributed by atoms with Crippen LogP contribution in [0.4, 0.5) is 13.2 Å². The maximum absolute atomic E-state index is 12.4. The van der Waals surface area contributed by atoms with Gasteiger partial charge in [0.25, 0.3) is 0 Å². The van der Waals surface area contributed by atoms with E-state index in [1.54, 1.807) is 6.92 Å². The van der Waals surface area contributed by atoms with Crippen LogP contribution in [0.25, 0.3) is 0 Å². The lowest BCUT2D eigenvalue weighted by atomic mass is 10.0. The van der Waals surface area contributed by atoms with Crippen molar-refractivity contribution in [2.75, 3.05) is 6.54 Å².